The summed E-state index contributed by atoms with van der Waals surface area (Å²) in [7, 11) is 0. The van der Waals surface area contributed by atoms with Gasteiger partial charge in [-0.1, -0.05) is 183 Å². The molecule has 3 N–H and O–H groups in total. The van der Waals surface area contributed by atoms with Crippen molar-refractivity contribution in [1.29, 1.82) is 5.41 Å². The molecule has 2 aromatic heterocycles. The monoisotopic (exact) mass is 893 g/mol. The second-order valence-corrected chi connectivity index (χ2v) is 18.1. The van der Waals surface area contributed by atoms with Gasteiger partial charge in [-0.3, -0.25) is 5.41 Å². The van der Waals surface area contributed by atoms with Crippen molar-refractivity contribution in [3.05, 3.63) is 252 Å². The second-order valence-electron chi connectivity index (χ2n) is 18.1. The number of hydrogen-bond donors (Lipinski definition) is 2. The summed E-state index contributed by atoms with van der Waals surface area (Å²) in [5, 5.41) is 13.5. The number of aliphatic imine (C=N–C) groups is 1. The van der Waals surface area contributed by atoms with Crippen LogP contribution in [0.5, 0.6) is 0 Å². The summed E-state index contributed by atoms with van der Waals surface area (Å²) in [6.45, 7) is 10.8. The number of rotatable bonds is 5. The zero-order valence-corrected chi connectivity index (χ0v) is 39.8. The van der Waals surface area contributed by atoms with Crippen LogP contribution in [0.25, 0.3) is 77.2 Å². The van der Waals surface area contributed by atoms with Crippen LogP contribution in [-0.4, -0.2) is 20.8 Å². The van der Waals surface area contributed by atoms with Crippen molar-refractivity contribution in [1.82, 2.24) is 9.13 Å². The van der Waals surface area contributed by atoms with E-state index in [1.54, 1.807) is 0 Å². The minimum absolute atomic E-state index is 0.135. The lowest BCUT2D eigenvalue weighted by atomic mass is 9.81. The minimum atomic E-state index is -0.225. The number of nitrogens with zero attached hydrogens (tertiary/aromatic N) is 3. The van der Waals surface area contributed by atoms with E-state index in [9.17, 15) is 0 Å². The van der Waals surface area contributed by atoms with Crippen molar-refractivity contribution in [3.8, 4) is 33.6 Å². The fourth-order valence-electron chi connectivity index (χ4n) is 9.97. The van der Waals surface area contributed by atoms with Gasteiger partial charge >= 0.3 is 0 Å². The maximum absolute atomic E-state index is 8.55. The predicted molar refractivity (Wildman–Crippen MR) is 294 cm³/mol. The summed E-state index contributed by atoms with van der Waals surface area (Å²) in [5.41, 5.74) is 23.6. The Bertz CT molecular complexity index is 3720. The number of fused-ring (bicyclic) bond motifs is 10. The number of amidine groups is 2. The number of para-hydroxylation sites is 3. The van der Waals surface area contributed by atoms with E-state index in [0.29, 0.717) is 5.84 Å². The molecule has 0 spiro atoms. The Labute approximate surface area is 404 Å². The average Bonchev–Trinajstić information content (AvgIpc) is 4.00. The van der Waals surface area contributed by atoms with E-state index in [2.05, 4.69) is 187 Å². The van der Waals surface area contributed by atoms with Crippen LogP contribution >= 0.6 is 0 Å². The fraction of sp³-hybridized carbons (Fsp3) is 0.0938. The zero-order chi connectivity index (χ0) is 47.6. The van der Waals surface area contributed by atoms with E-state index in [0.717, 1.165) is 28.0 Å². The van der Waals surface area contributed by atoms with Gasteiger partial charge in [0, 0.05) is 55.0 Å². The lowest BCUT2D eigenvalue weighted by Crippen LogP contribution is -2.16. The Morgan fingerprint density at radius 3 is 1.71 bits per heavy atom. The molecule has 9 aromatic carbocycles. The molecule has 69 heavy (non-hydrogen) atoms. The molecule has 0 bridgehead atoms. The van der Waals surface area contributed by atoms with E-state index in [1.807, 2.05) is 86.7 Å². The highest BCUT2D eigenvalue weighted by atomic mass is 15.0. The van der Waals surface area contributed by atoms with Gasteiger partial charge in [-0.2, -0.15) is 0 Å². The molecular formula is C64H55N5. The maximum atomic E-state index is 8.55. The van der Waals surface area contributed by atoms with Gasteiger partial charge in [0.2, 0.25) is 0 Å². The molecule has 0 atom stereocenters. The van der Waals surface area contributed by atoms with E-state index in [1.165, 1.54) is 77.0 Å². The third-order valence-electron chi connectivity index (χ3n) is 13.5. The number of allylic oxidation sites excluding steroid dienone is 2. The topological polar surface area (TPSA) is 72.1 Å². The van der Waals surface area contributed by atoms with Crippen molar-refractivity contribution in [3.63, 3.8) is 0 Å². The third kappa shape index (κ3) is 8.02. The first-order valence-corrected chi connectivity index (χ1v) is 23.7. The molecule has 0 saturated carbocycles. The first-order valence-electron chi connectivity index (χ1n) is 23.7. The standard InChI is InChI=1S/C53H39N5.C7H8.C4H8/c1-53(2)43-22-12-9-20-40(43)49-44(53)32-42(35-27-30-39-38-19-10-13-23-45(38)57(47(39)31-35)36-17-7-4-8-18-36)48-41-21-11-14-24-46(41)58(50(48)49)37-28-25-34(26-29-37)52(55)56-51(54)33-15-5-3-6-16-33;1-7-5-3-2-4-6-7;1-3-4-2/h3-32H,1-2H3,(H3,54,55,56);2-6H,1H3;3-4H,1-2H3/b;;4-3-. The summed E-state index contributed by atoms with van der Waals surface area (Å²) >= 11 is 0. The Balaban J connectivity index is 0.000000450. The van der Waals surface area contributed by atoms with Gasteiger partial charge in [0.25, 0.3) is 0 Å². The summed E-state index contributed by atoms with van der Waals surface area (Å²) in [6, 6.07) is 74.6. The first-order chi connectivity index (χ1) is 33.7. The molecule has 5 heteroatoms. The number of nitrogens with one attached hydrogen (secondary N) is 1. The molecule has 336 valence electrons. The Hall–Kier alpha value is -8.54. The van der Waals surface area contributed by atoms with Gasteiger partial charge in [-0.15, -0.1) is 0 Å². The number of hydrogen-bond acceptors (Lipinski definition) is 1. The van der Waals surface area contributed by atoms with Crippen LogP contribution in [0.2, 0.25) is 0 Å². The molecule has 0 saturated heterocycles. The number of aryl methyl sites for hydroxylation is 1. The van der Waals surface area contributed by atoms with Gasteiger partial charge in [0.05, 0.1) is 22.1 Å². The zero-order valence-electron chi connectivity index (χ0n) is 39.8. The van der Waals surface area contributed by atoms with Crippen LogP contribution in [-0.2, 0) is 5.41 Å². The second kappa shape index (κ2) is 18.6. The molecule has 1 aliphatic rings. The summed E-state index contributed by atoms with van der Waals surface area (Å²) < 4.78 is 4.84. The molecule has 5 nitrogen and oxygen atoms in total. The van der Waals surface area contributed by atoms with E-state index < -0.39 is 0 Å². The highest BCUT2D eigenvalue weighted by molar-refractivity contribution is 6.22. The predicted octanol–water partition coefficient (Wildman–Crippen LogP) is 16.2. The largest absolute Gasteiger partial charge is 0.383 e. The third-order valence-corrected chi connectivity index (χ3v) is 13.5. The van der Waals surface area contributed by atoms with Crippen LogP contribution in [0.15, 0.2) is 229 Å². The van der Waals surface area contributed by atoms with Crippen molar-refractivity contribution < 1.29 is 0 Å². The molecule has 11 aromatic rings. The van der Waals surface area contributed by atoms with Crippen molar-refractivity contribution >= 4 is 55.3 Å². The summed E-state index contributed by atoms with van der Waals surface area (Å²) in [6.07, 6.45) is 4.00. The molecule has 12 rings (SSSR count). The molecular weight excluding hydrogens is 839 g/mol. The number of aromatic nitrogens is 2. The smallest absolute Gasteiger partial charge is 0.154 e. The van der Waals surface area contributed by atoms with Gasteiger partial charge in [-0.05, 0) is 109 Å². The lowest BCUT2D eigenvalue weighted by Gasteiger charge is -2.23. The Morgan fingerprint density at radius 1 is 0.507 bits per heavy atom. The van der Waals surface area contributed by atoms with Crippen molar-refractivity contribution in [2.24, 2.45) is 10.7 Å². The number of benzene rings is 9. The maximum Gasteiger partial charge on any atom is 0.154 e. The van der Waals surface area contributed by atoms with Gasteiger partial charge in [0.15, 0.2) is 5.84 Å². The molecule has 0 radical (unpaired) electrons. The highest BCUT2D eigenvalue weighted by Gasteiger charge is 2.39. The molecule has 0 aliphatic heterocycles. The molecule has 0 amide bonds. The van der Waals surface area contributed by atoms with Gasteiger partial charge in [-0.25, -0.2) is 4.99 Å². The minimum Gasteiger partial charge on any atom is -0.383 e. The van der Waals surface area contributed by atoms with E-state index in [-0.39, 0.29) is 11.3 Å². The van der Waals surface area contributed by atoms with Gasteiger partial charge < -0.3 is 14.9 Å². The molecule has 0 unspecified atom stereocenters. The lowest BCUT2D eigenvalue weighted by molar-refractivity contribution is 0.661. The Morgan fingerprint density at radius 2 is 1.06 bits per heavy atom. The molecule has 0 fully saturated rings. The van der Waals surface area contributed by atoms with Crippen LogP contribution in [0.3, 0.4) is 0 Å². The highest BCUT2D eigenvalue weighted by Crippen LogP contribution is 2.55. The van der Waals surface area contributed by atoms with Crippen molar-refractivity contribution in [2.75, 3.05) is 0 Å². The quantitative estimate of drug-likeness (QED) is 0.101. The van der Waals surface area contributed by atoms with Crippen LogP contribution in [0.4, 0.5) is 0 Å². The average molecular weight is 894 g/mol. The van der Waals surface area contributed by atoms with Crippen molar-refractivity contribution in [2.45, 2.75) is 40.0 Å². The normalized spacial score (nSPS) is 12.7. The molecule has 1 aliphatic carbocycles. The summed E-state index contributed by atoms with van der Waals surface area (Å²) in [4.78, 5) is 4.47. The van der Waals surface area contributed by atoms with Crippen LogP contribution in [0, 0.1) is 12.3 Å². The van der Waals surface area contributed by atoms with E-state index in [4.69, 9.17) is 11.1 Å². The first kappa shape index (κ1) is 44.3. The van der Waals surface area contributed by atoms with Gasteiger partial charge in [0.1, 0.15) is 5.84 Å². The number of nitrogens with two attached hydrogens (primary N) is 1. The molecule has 2 heterocycles. The van der Waals surface area contributed by atoms with Crippen LogP contribution in [0.1, 0.15) is 55.5 Å². The summed E-state index contributed by atoms with van der Waals surface area (Å²) in [5.74, 6) is 0.445. The Kier molecular flexibility index (Phi) is 12.0. The van der Waals surface area contributed by atoms with E-state index >= 15 is 0 Å². The van der Waals surface area contributed by atoms with Crippen LogP contribution < -0.4 is 5.73 Å². The fourth-order valence-corrected chi connectivity index (χ4v) is 9.97. The SMILES string of the molecule is C/C=C\C.CC1(C)c2ccccc2-c2c1cc(-c1ccc3c4ccccc4n(-c4ccccc4)c3c1)c1c3ccccc3n(-c3ccc(C(N)=NC(=N)c4ccccc4)cc3)c21.Cc1ccccc1.